The molecule has 0 bridgehead atoms. The van der Waals surface area contributed by atoms with Crippen molar-refractivity contribution in [1.82, 2.24) is 4.90 Å². The molecule has 0 unspecified atom stereocenters. The van der Waals surface area contributed by atoms with Gasteiger partial charge in [0.25, 0.3) is 6.43 Å². The van der Waals surface area contributed by atoms with E-state index in [1.807, 2.05) is 31.2 Å². The highest BCUT2D eigenvalue weighted by atomic mass is 35.5. The summed E-state index contributed by atoms with van der Waals surface area (Å²) in [5.41, 5.74) is 1.84. The molecule has 0 heterocycles. The predicted molar refractivity (Wildman–Crippen MR) is 68.2 cm³/mol. The van der Waals surface area contributed by atoms with Gasteiger partial charge in [-0.05, 0) is 18.1 Å². The fourth-order valence-electron chi connectivity index (χ4n) is 1.67. The van der Waals surface area contributed by atoms with E-state index in [1.54, 1.807) is 0 Å². The van der Waals surface area contributed by atoms with Gasteiger partial charge in [0.1, 0.15) is 0 Å². The molecule has 0 spiro atoms. The molecular weight excluding hydrogens is 260 g/mol. The molecule has 1 aromatic rings. The van der Waals surface area contributed by atoms with Crippen LogP contribution < -0.4 is 0 Å². The van der Waals surface area contributed by atoms with Crippen LogP contribution in [0, 0.1) is 6.92 Å². The van der Waals surface area contributed by atoms with Gasteiger partial charge >= 0.3 is 0 Å². The molecule has 0 radical (unpaired) electrons. The highest BCUT2D eigenvalue weighted by molar-refractivity contribution is 6.18. The third-order valence-electron chi connectivity index (χ3n) is 2.67. The second kappa shape index (κ2) is 7.31. The Balaban J connectivity index is 2.69. The molecule has 18 heavy (non-hydrogen) atoms. The average Bonchev–Trinajstić information content (AvgIpc) is 2.31. The topological polar surface area (TPSA) is 20.3 Å². The molecule has 1 amide bonds. The van der Waals surface area contributed by atoms with Crippen LogP contribution in [0.4, 0.5) is 8.78 Å². The molecule has 5 heteroatoms. The summed E-state index contributed by atoms with van der Waals surface area (Å²) in [5, 5.41) is 0. The monoisotopic (exact) mass is 275 g/mol. The lowest BCUT2D eigenvalue weighted by atomic mass is 10.1. The Bertz CT molecular complexity index is 398. The number of halogens is 3. The second-order valence-electron chi connectivity index (χ2n) is 4.02. The van der Waals surface area contributed by atoms with E-state index in [0.29, 0.717) is 0 Å². The summed E-state index contributed by atoms with van der Waals surface area (Å²) >= 11 is 5.52. The third-order valence-corrected chi connectivity index (χ3v) is 2.84. The molecule has 1 aromatic carbocycles. The van der Waals surface area contributed by atoms with E-state index in [1.165, 1.54) is 0 Å². The van der Waals surface area contributed by atoms with Crippen LogP contribution in [0.2, 0.25) is 0 Å². The molecule has 0 fully saturated rings. The standard InChI is InChI=1S/C13H16ClF2NO/c1-10-4-2-3-5-11(10)8-13(18)17(7-6-14)9-12(15)16/h2-5,12H,6-9H2,1H3. The number of hydrogen-bond donors (Lipinski definition) is 0. The molecule has 0 saturated heterocycles. The first kappa shape index (κ1) is 14.9. The zero-order chi connectivity index (χ0) is 13.5. The molecular formula is C13H16ClF2NO. The molecule has 1 rings (SSSR count). The van der Waals surface area contributed by atoms with Gasteiger partial charge in [-0.2, -0.15) is 0 Å². The van der Waals surface area contributed by atoms with Gasteiger partial charge < -0.3 is 4.90 Å². The van der Waals surface area contributed by atoms with Crippen molar-refractivity contribution >= 4 is 17.5 Å². The quantitative estimate of drug-likeness (QED) is 0.731. The molecule has 0 saturated carbocycles. The van der Waals surface area contributed by atoms with Crippen LogP contribution in [0.1, 0.15) is 11.1 Å². The molecule has 0 aliphatic rings. The molecule has 2 nitrogen and oxygen atoms in total. The molecule has 0 aliphatic carbocycles. The van der Waals surface area contributed by atoms with Gasteiger partial charge in [0, 0.05) is 12.4 Å². The summed E-state index contributed by atoms with van der Waals surface area (Å²) in [6.07, 6.45) is -2.40. The number of benzene rings is 1. The number of aryl methyl sites for hydroxylation is 1. The van der Waals surface area contributed by atoms with Crippen molar-refractivity contribution in [1.29, 1.82) is 0 Å². The van der Waals surface area contributed by atoms with Gasteiger partial charge in [-0.1, -0.05) is 24.3 Å². The summed E-state index contributed by atoms with van der Waals surface area (Å²) in [4.78, 5) is 13.0. The van der Waals surface area contributed by atoms with Crippen molar-refractivity contribution < 1.29 is 13.6 Å². The lowest BCUT2D eigenvalue weighted by molar-refractivity contribution is -0.132. The Labute approximate surface area is 111 Å². The summed E-state index contributed by atoms with van der Waals surface area (Å²) in [5.74, 6) is -0.156. The van der Waals surface area contributed by atoms with Gasteiger partial charge in [-0.3, -0.25) is 4.79 Å². The van der Waals surface area contributed by atoms with E-state index in [2.05, 4.69) is 0 Å². The molecule has 100 valence electrons. The lowest BCUT2D eigenvalue weighted by Crippen LogP contribution is -2.37. The number of alkyl halides is 3. The minimum Gasteiger partial charge on any atom is -0.335 e. The first-order valence-electron chi connectivity index (χ1n) is 5.71. The minimum absolute atomic E-state index is 0.135. The largest absolute Gasteiger partial charge is 0.335 e. The molecule has 0 aliphatic heterocycles. The Morgan fingerprint density at radius 2 is 2.06 bits per heavy atom. The number of hydrogen-bond acceptors (Lipinski definition) is 1. The third kappa shape index (κ3) is 4.61. The number of carbonyl (C=O) groups excluding carboxylic acids is 1. The highest BCUT2D eigenvalue weighted by Crippen LogP contribution is 2.10. The van der Waals surface area contributed by atoms with Gasteiger partial charge in [0.05, 0.1) is 13.0 Å². The summed E-state index contributed by atoms with van der Waals surface area (Å²) in [7, 11) is 0. The van der Waals surface area contributed by atoms with Crippen LogP contribution in [0.3, 0.4) is 0 Å². The Hall–Kier alpha value is -1.16. The zero-order valence-electron chi connectivity index (χ0n) is 10.2. The van der Waals surface area contributed by atoms with Crippen LogP contribution in [-0.4, -0.2) is 36.2 Å². The maximum Gasteiger partial charge on any atom is 0.255 e. The van der Waals surface area contributed by atoms with Gasteiger partial charge in [-0.25, -0.2) is 8.78 Å². The summed E-state index contributed by atoms with van der Waals surface area (Å²) in [6, 6.07) is 7.42. The van der Waals surface area contributed by atoms with Crippen molar-refractivity contribution in [3.8, 4) is 0 Å². The van der Waals surface area contributed by atoms with Crippen molar-refractivity contribution in [3.63, 3.8) is 0 Å². The second-order valence-corrected chi connectivity index (χ2v) is 4.40. The fourth-order valence-corrected chi connectivity index (χ4v) is 1.87. The van der Waals surface area contributed by atoms with E-state index < -0.39 is 13.0 Å². The van der Waals surface area contributed by atoms with Crippen molar-refractivity contribution in [2.75, 3.05) is 19.0 Å². The van der Waals surface area contributed by atoms with Crippen LogP contribution in [0.5, 0.6) is 0 Å². The zero-order valence-corrected chi connectivity index (χ0v) is 11.0. The van der Waals surface area contributed by atoms with Gasteiger partial charge in [0.15, 0.2) is 0 Å². The minimum atomic E-state index is -2.53. The normalized spacial score (nSPS) is 10.7. The van der Waals surface area contributed by atoms with E-state index in [0.717, 1.165) is 16.0 Å². The highest BCUT2D eigenvalue weighted by Gasteiger charge is 2.18. The van der Waals surface area contributed by atoms with Crippen molar-refractivity contribution in [2.24, 2.45) is 0 Å². The molecule has 0 aromatic heterocycles. The number of rotatable bonds is 6. The Morgan fingerprint density at radius 3 is 2.61 bits per heavy atom. The molecule has 0 atom stereocenters. The SMILES string of the molecule is Cc1ccccc1CC(=O)N(CCCl)CC(F)F. The van der Waals surface area contributed by atoms with E-state index >= 15 is 0 Å². The maximum atomic E-state index is 12.3. The first-order chi connectivity index (χ1) is 8.54. The smallest absolute Gasteiger partial charge is 0.255 e. The summed E-state index contributed by atoms with van der Waals surface area (Å²) < 4.78 is 24.7. The first-order valence-corrected chi connectivity index (χ1v) is 6.24. The van der Waals surface area contributed by atoms with Crippen LogP contribution >= 0.6 is 11.6 Å². The van der Waals surface area contributed by atoms with Crippen molar-refractivity contribution in [2.45, 2.75) is 19.8 Å². The molecule has 0 N–H and O–H groups in total. The number of carbonyl (C=O) groups is 1. The predicted octanol–water partition coefficient (Wildman–Crippen LogP) is 2.87. The van der Waals surface area contributed by atoms with Gasteiger partial charge in [0.2, 0.25) is 5.91 Å². The number of nitrogens with zero attached hydrogens (tertiary/aromatic N) is 1. The van der Waals surface area contributed by atoms with Crippen molar-refractivity contribution in [3.05, 3.63) is 35.4 Å². The lowest BCUT2D eigenvalue weighted by Gasteiger charge is -2.21. The van der Waals surface area contributed by atoms with E-state index in [-0.39, 0.29) is 24.8 Å². The Kier molecular flexibility index (Phi) is 6.05. The van der Waals surface area contributed by atoms with Gasteiger partial charge in [-0.15, -0.1) is 11.6 Å². The number of amides is 1. The van der Waals surface area contributed by atoms with E-state index in [9.17, 15) is 13.6 Å². The average molecular weight is 276 g/mol. The maximum absolute atomic E-state index is 12.3. The Morgan fingerprint density at radius 1 is 1.39 bits per heavy atom. The van der Waals surface area contributed by atoms with Crippen LogP contribution in [0.25, 0.3) is 0 Å². The van der Waals surface area contributed by atoms with E-state index in [4.69, 9.17) is 11.6 Å². The fraction of sp³-hybridized carbons (Fsp3) is 0.462. The van der Waals surface area contributed by atoms with Crippen LogP contribution in [-0.2, 0) is 11.2 Å². The summed E-state index contributed by atoms with van der Waals surface area (Å²) in [6.45, 7) is 1.48. The van der Waals surface area contributed by atoms with Crippen LogP contribution in [0.15, 0.2) is 24.3 Å².